The van der Waals surface area contributed by atoms with E-state index in [9.17, 15) is 0 Å². The van der Waals surface area contributed by atoms with Crippen LogP contribution in [-0.4, -0.2) is 0 Å². The molecule has 0 heterocycles. The van der Waals surface area contributed by atoms with Crippen molar-refractivity contribution in [3.63, 3.8) is 0 Å². The van der Waals surface area contributed by atoms with Gasteiger partial charge >= 0.3 is 0 Å². The van der Waals surface area contributed by atoms with Crippen LogP contribution in [0.4, 0.5) is 0 Å². The first kappa shape index (κ1) is 9.55. The minimum absolute atomic E-state index is 0.270. The van der Waals surface area contributed by atoms with Crippen molar-refractivity contribution in [2.45, 2.75) is 32.1 Å². The Morgan fingerprint density at radius 3 is 2.50 bits per heavy atom. The molecule has 2 heteroatoms. The molecule has 1 aliphatic carbocycles. The van der Waals surface area contributed by atoms with Crippen LogP contribution in [-0.2, 0) is 5.41 Å². The van der Waals surface area contributed by atoms with Crippen molar-refractivity contribution in [2.24, 2.45) is 0 Å². The molecule has 0 bridgehead atoms. The minimum Gasteiger partial charge on any atom is -0.197 e. The predicted molar refractivity (Wildman–Crippen MR) is 57.5 cm³/mol. The fraction of sp³-hybridized carbons (Fsp3) is 0.417. The highest BCUT2D eigenvalue weighted by Crippen LogP contribution is 2.50. The third-order valence-corrected chi connectivity index (χ3v) is 3.38. The summed E-state index contributed by atoms with van der Waals surface area (Å²) in [5.41, 5.74) is 3.01. The second-order valence-corrected chi connectivity index (χ2v) is 4.52. The van der Waals surface area contributed by atoms with Gasteiger partial charge in [0.05, 0.1) is 11.5 Å². The Morgan fingerprint density at radius 1 is 1.36 bits per heavy atom. The highest BCUT2D eigenvalue weighted by Gasteiger charge is 2.46. The number of rotatable bonds is 1. The molecular formula is C12H12ClN. The summed E-state index contributed by atoms with van der Waals surface area (Å²) < 4.78 is 0. The normalized spacial score (nSPS) is 17.6. The topological polar surface area (TPSA) is 23.8 Å². The molecule has 1 aromatic carbocycles. The van der Waals surface area contributed by atoms with Crippen molar-refractivity contribution in [1.82, 2.24) is 0 Å². The van der Waals surface area contributed by atoms with Gasteiger partial charge in [0.15, 0.2) is 0 Å². The lowest BCUT2D eigenvalue weighted by Gasteiger charge is -2.12. The van der Waals surface area contributed by atoms with E-state index in [-0.39, 0.29) is 5.41 Å². The van der Waals surface area contributed by atoms with Crippen molar-refractivity contribution in [3.8, 4) is 6.07 Å². The van der Waals surface area contributed by atoms with Crippen LogP contribution in [0.5, 0.6) is 0 Å². The Bertz CT molecular complexity index is 425. The van der Waals surface area contributed by atoms with E-state index >= 15 is 0 Å². The van der Waals surface area contributed by atoms with E-state index in [0.29, 0.717) is 0 Å². The van der Waals surface area contributed by atoms with Gasteiger partial charge in [0.2, 0.25) is 0 Å². The SMILES string of the molecule is Cc1cc(C)c(Cl)c(C2(C#N)CC2)c1. The van der Waals surface area contributed by atoms with E-state index in [1.807, 2.05) is 19.9 Å². The quantitative estimate of drug-likeness (QED) is 0.688. The summed E-state index contributed by atoms with van der Waals surface area (Å²) in [6.07, 6.45) is 1.90. The summed E-state index contributed by atoms with van der Waals surface area (Å²) in [6, 6.07) is 6.48. The van der Waals surface area contributed by atoms with Gasteiger partial charge in [-0.05, 0) is 37.8 Å². The number of nitriles is 1. The molecule has 0 atom stereocenters. The van der Waals surface area contributed by atoms with Gasteiger partial charge in [-0.15, -0.1) is 0 Å². The van der Waals surface area contributed by atoms with Crippen molar-refractivity contribution in [3.05, 3.63) is 33.8 Å². The van der Waals surface area contributed by atoms with Crippen LogP contribution in [0, 0.1) is 25.2 Å². The lowest BCUT2D eigenvalue weighted by Crippen LogP contribution is -2.04. The largest absolute Gasteiger partial charge is 0.197 e. The molecule has 0 radical (unpaired) electrons. The monoisotopic (exact) mass is 205 g/mol. The molecule has 0 saturated heterocycles. The molecule has 1 fully saturated rings. The Morgan fingerprint density at radius 2 is 2.00 bits per heavy atom. The van der Waals surface area contributed by atoms with Crippen molar-refractivity contribution in [1.29, 1.82) is 5.26 Å². The summed E-state index contributed by atoms with van der Waals surface area (Å²) in [4.78, 5) is 0. The van der Waals surface area contributed by atoms with Crippen LogP contribution in [0.2, 0.25) is 5.02 Å². The Kier molecular flexibility index (Phi) is 2.05. The highest BCUT2D eigenvalue weighted by atomic mass is 35.5. The molecule has 0 spiro atoms. The molecule has 0 aliphatic heterocycles. The number of hydrogen-bond donors (Lipinski definition) is 0. The van der Waals surface area contributed by atoms with E-state index in [4.69, 9.17) is 16.9 Å². The maximum absolute atomic E-state index is 9.11. The standard InChI is InChI=1S/C12H12ClN/c1-8-5-9(2)11(13)10(6-8)12(7-14)3-4-12/h5-6H,3-4H2,1-2H3. The fourth-order valence-corrected chi connectivity index (χ4v) is 2.15. The van der Waals surface area contributed by atoms with E-state index in [2.05, 4.69) is 12.1 Å². The molecule has 0 unspecified atom stereocenters. The van der Waals surface area contributed by atoms with E-state index in [1.54, 1.807) is 0 Å². The summed E-state index contributed by atoms with van der Waals surface area (Å²) in [6.45, 7) is 4.03. The van der Waals surface area contributed by atoms with Gasteiger partial charge in [-0.3, -0.25) is 0 Å². The molecule has 1 nitrogen and oxygen atoms in total. The molecular weight excluding hydrogens is 194 g/mol. The third-order valence-electron chi connectivity index (χ3n) is 2.88. The Labute approximate surface area is 89.3 Å². The molecule has 0 N–H and O–H groups in total. The molecule has 1 aromatic rings. The van der Waals surface area contributed by atoms with Crippen molar-refractivity contribution in [2.75, 3.05) is 0 Å². The second kappa shape index (κ2) is 3.00. The molecule has 0 aromatic heterocycles. The minimum atomic E-state index is -0.270. The van der Waals surface area contributed by atoms with Crippen LogP contribution >= 0.6 is 11.6 Å². The first-order valence-corrected chi connectivity index (χ1v) is 5.15. The van der Waals surface area contributed by atoms with Gasteiger partial charge < -0.3 is 0 Å². The van der Waals surface area contributed by atoms with Crippen molar-refractivity contribution >= 4 is 11.6 Å². The lowest BCUT2D eigenvalue weighted by molar-refractivity contribution is 0.903. The second-order valence-electron chi connectivity index (χ2n) is 4.14. The van der Waals surface area contributed by atoms with Gasteiger partial charge in [0.25, 0.3) is 0 Å². The highest BCUT2D eigenvalue weighted by molar-refractivity contribution is 6.32. The smallest absolute Gasteiger partial charge is 0.0838 e. The van der Waals surface area contributed by atoms with Crippen LogP contribution in [0.3, 0.4) is 0 Å². The predicted octanol–water partition coefficient (Wildman–Crippen LogP) is 3.51. The molecule has 2 rings (SSSR count). The zero-order chi connectivity index (χ0) is 10.3. The number of nitrogens with zero attached hydrogens (tertiary/aromatic N) is 1. The van der Waals surface area contributed by atoms with E-state index < -0.39 is 0 Å². The van der Waals surface area contributed by atoms with Crippen LogP contribution in [0.1, 0.15) is 29.5 Å². The maximum Gasteiger partial charge on any atom is 0.0838 e. The number of aryl methyl sites for hydroxylation is 2. The molecule has 1 saturated carbocycles. The summed E-state index contributed by atoms with van der Waals surface area (Å²) in [7, 11) is 0. The molecule has 72 valence electrons. The number of benzene rings is 1. The first-order chi connectivity index (χ1) is 6.59. The molecule has 14 heavy (non-hydrogen) atoms. The maximum atomic E-state index is 9.11. The first-order valence-electron chi connectivity index (χ1n) is 4.77. The third kappa shape index (κ3) is 1.31. The zero-order valence-electron chi connectivity index (χ0n) is 8.39. The van der Waals surface area contributed by atoms with Gasteiger partial charge in [0, 0.05) is 5.02 Å². The van der Waals surface area contributed by atoms with E-state index in [1.165, 1.54) is 5.56 Å². The molecule has 1 aliphatic rings. The fourth-order valence-electron chi connectivity index (χ4n) is 1.86. The summed E-state index contributed by atoms with van der Waals surface area (Å²) in [5, 5.41) is 9.88. The van der Waals surface area contributed by atoms with Crippen molar-refractivity contribution < 1.29 is 0 Å². The molecule has 0 amide bonds. The van der Waals surface area contributed by atoms with Crippen LogP contribution < -0.4 is 0 Å². The van der Waals surface area contributed by atoms with Gasteiger partial charge in [-0.1, -0.05) is 29.3 Å². The average Bonchev–Trinajstić information content (AvgIpc) is 2.92. The lowest BCUT2D eigenvalue weighted by atomic mass is 9.94. The summed E-state index contributed by atoms with van der Waals surface area (Å²) >= 11 is 6.22. The Balaban J connectivity index is 2.59. The van der Waals surface area contributed by atoms with Gasteiger partial charge in [-0.25, -0.2) is 0 Å². The zero-order valence-corrected chi connectivity index (χ0v) is 9.15. The van der Waals surface area contributed by atoms with Crippen LogP contribution in [0.25, 0.3) is 0 Å². The van der Waals surface area contributed by atoms with E-state index in [0.717, 1.165) is 29.0 Å². The number of hydrogen-bond acceptors (Lipinski definition) is 1. The number of halogens is 1. The Hall–Kier alpha value is -1.00. The van der Waals surface area contributed by atoms with Gasteiger partial charge in [0.1, 0.15) is 0 Å². The summed E-state index contributed by atoms with van der Waals surface area (Å²) in [5.74, 6) is 0. The van der Waals surface area contributed by atoms with Gasteiger partial charge in [-0.2, -0.15) is 5.26 Å². The van der Waals surface area contributed by atoms with Crippen LogP contribution in [0.15, 0.2) is 12.1 Å². The average molecular weight is 206 g/mol.